The van der Waals surface area contributed by atoms with Crippen molar-refractivity contribution in [3.8, 4) is 0 Å². The standard InChI is InChI=1S/C48H63N7O6S6/c1-52(2)43-19-7-16-40-37(43)13-10-22-46(40)65(56,57)49-25-31-62-34-28-55(29-35-63-32-26-50-66(58,59)47-23-11-14-38-41(47)17-8-20-44(38)53(3)4)30-36-64-33-27-51-67(60,61)48-24-12-15-39-42(48)18-9-21-45(39)54(5)6/h7-24,49-51H,25-36H2,1-6H3. The lowest BCUT2D eigenvalue weighted by molar-refractivity contribution is 0.329. The first-order chi connectivity index (χ1) is 32.0. The van der Waals surface area contributed by atoms with E-state index in [1.165, 1.54) is 0 Å². The van der Waals surface area contributed by atoms with Crippen LogP contribution in [0.5, 0.6) is 0 Å². The quantitative estimate of drug-likeness (QED) is 0.0452. The second kappa shape index (κ2) is 24.2. The molecule has 362 valence electrons. The number of rotatable bonds is 27. The highest BCUT2D eigenvalue weighted by molar-refractivity contribution is 7.99. The summed E-state index contributed by atoms with van der Waals surface area (Å²) >= 11 is 5.05. The minimum Gasteiger partial charge on any atom is -0.377 e. The molecule has 0 amide bonds. The molecule has 0 saturated carbocycles. The Bertz CT molecular complexity index is 2640. The van der Waals surface area contributed by atoms with Gasteiger partial charge in [0.05, 0.1) is 14.7 Å². The van der Waals surface area contributed by atoms with Crippen LogP contribution in [0.1, 0.15) is 0 Å². The number of hydrogen-bond donors (Lipinski definition) is 3. The second-order valence-electron chi connectivity index (χ2n) is 16.4. The molecule has 0 unspecified atom stereocenters. The van der Waals surface area contributed by atoms with E-state index in [0.717, 1.165) is 70.1 Å². The molecule has 0 spiro atoms. The first-order valence-corrected chi connectivity index (χ1v) is 29.9. The molecule has 0 aliphatic heterocycles. The molecule has 0 fully saturated rings. The molecular formula is C48H63N7O6S6. The molecule has 6 aromatic carbocycles. The fourth-order valence-electron chi connectivity index (χ4n) is 7.87. The van der Waals surface area contributed by atoms with Crippen LogP contribution >= 0.6 is 35.3 Å². The minimum absolute atomic E-state index is 0.264. The van der Waals surface area contributed by atoms with Crippen molar-refractivity contribution in [2.75, 3.05) is 131 Å². The number of anilines is 3. The van der Waals surface area contributed by atoms with Gasteiger partial charge in [-0.3, -0.25) is 0 Å². The maximum absolute atomic E-state index is 13.5. The highest BCUT2D eigenvalue weighted by Gasteiger charge is 2.21. The maximum Gasteiger partial charge on any atom is 0.241 e. The largest absolute Gasteiger partial charge is 0.377 e. The van der Waals surface area contributed by atoms with Crippen molar-refractivity contribution >= 4 is 115 Å². The van der Waals surface area contributed by atoms with E-state index < -0.39 is 30.1 Å². The Balaban J connectivity index is 0.991. The lowest BCUT2D eigenvalue weighted by Gasteiger charge is -2.22. The van der Waals surface area contributed by atoms with Gasteiger partial charge in [-0.1, -0.05) is 72.8 Å². The van der Waals surface area contributed by atoms with Gasteiger partial charge in [-0.2, -0.15) is 35.3 Å². The van der Waals surface area contributed by atoms with Crippen molar-refractivity contribution in [1.29, 1.82) is 0 Å². The molecule has 0 atom stereocenters. The van der Waals surface area contributed by atoms with Crippen LogP contribution in [0.4, 0.5) is 17.1 Å². The number of thioether (sulfide) groups is 3. The van der Waals surface area contributed by atoms with Gasteiger partial charge in [-0.25, -0.2) is 39.4 Å². The van der Waals surface area contributed by atoms with Gasteiger partial charge in [0.25, 0.3) is 0 Å². The van der Waals surface area contributed by atoms with Crippen LogP contribution in [0.3, 0.4) is 0 Å². The van der Waals surface area contributed by atoms with Crippen LogP contribution in [0, 0.1) is 0 Å². The van der Waals surface area contributed by atoms with Crippen molar-refractivity contribution in [3.63, 3.8) is 0 Å². The first kappa shape index (κ1) is 52.6. The smallest absolute Gasteiger partial charge is 0.241 e. The SMILES string of the molecule is CN(C)c1cccc2c(S(=O)(=O)NCCSCCN(CCSCCNS(=O)(=O)c3cccc4c(N(C)C)cccc34)CCSCCNS(=O)(=O)c3cccc4c(N(C)C)cccc34)cccc12. The third kappa shape index (κ3) is 13.7. The summed E-state index contributed by atoms with van der Waals surface area (Å²) < 4.78 is 89.1. The molecule has 13 nitrogen and oxygen atoms in total. The number of hydrogen-bond acceptors (Lipinski definition) is 13. The fourth-order valence-corrected chi connectivity index (χ4v) is 14.5. The number of fused-ring (bicyclic) bond motifs is 3. The molecule has 6 rings (SSSR count). The van der Waals surface area contributed by atoms with Gasteiger partial charge in [0.15, 0.2) is 0 Å². The molecule has 0 radical (unpaired) electrons. The summed E-state index contributed by atoms with van der Waals surface area (Å²) in [6, 6.07) is 33.2. The number of nitrogens with zero attached hydrogens (tertiary/aromatic N) is 4. The Hall–Kier alpha value is -3.76. The number of benzene rings is 6. The average molecular weight is 1030 g/mol. The monoisotopic (exact) mass is 1030 g/mol. The highest BCUT2D eigenvalue weighted by Crippen LogP contribution is 2.33. The van der Waals surface area contributed by atoms with Crippen LogP contribution in [-0.4, -0.2) is 146 Å². The summed E-state index contributed by atoms with van der Waals surface area (Å²) in [6.45, 7) is 3.21. The predicted molar refractivity (Wildman–Crippen MR) is 289 cm³/mol. The molecule has 0 aromatic heterocycles. The number of nitrogens with one attached hydrogen (secondary N) is 3. The summed E-state index contributed by atoms with van der Waals surface area (Å²) in [7, 11) is 0.415. The van der Waals surface area contributed by atoms with E-state index in [9.17, 15) is 25.3 Å². The van der Waals surface area contributed by atoms with E-state index in [0.29, 0.717) is 53.1 Å². The van der Waals surface area contributed by atoms with E-state index >= 15 is 0 Å². The van der Waals surface area contributed by atoms with Crippen molar-refractivity contribution in [2.45, 2.75) is 14.7 Å². The van der Waals surface area contributed by atoms with E-state index in [2.05, 4.69) is 19.1 Å². The number of sulfonamides is 3. The van der Waals surface area contributed by atoms with E-state index in [1.807, 2.05) is 130 Å². The summed E-state index contributed by atoms with van der Waals surface area (Å²) in [5.74, 6) is 4.18. The maximum atomic E-state index is 13.5. The van der Waals surface area contributed by atoms with E-state index in [1.54, 1.807) is 71.7 Å². The summed E-state index contributed by atoms with van der Waals surface area (Å²) in [5.41, 5.74) is 2.85. The zero-order valence-electron chi connectivity index (χ0n) is 39.1. The van der Waals surface area contributed by atoms with Crippen molar-refractivity contribution in [2.24, 2.45) is 0 Å². The molecule has 0 aliphatic carbocycles. The topological polar surface area (TPSA) is 151 Å². The Morgan fingerprint density at radius 1 is 0.358 bits per heavy atom. The Morgan fingerprint density at radius 2 is 0.612 bits per heavy atom. The van der Waals surface area contributed by atoms with Gasteiger partial charge < -0.3 is 19.6 Å². The van der Waals surface area contributed by atoms with Crippen LogP contribution < -0.4 is 28.9 Å². The third-order valence-corrected chi connectivity index (χ3v) is 18.6. The van der Waals surface area contributed by atoms with Crippen LogP contribution in [0.25, 0.3) is 32.3 Å². The predicted octanol–water partition coefficient (Wildman–Crippen LogP) is 7.08. The first-order valence-electron chi connectivity index (χ1n) is 22.0. The van der Waals surface area contributed by atoms with Crippen LogP contribution in [-0.2, 0) is 30.1 Å². The van der Waals surface area contributed by atoms with Crippen LogP contribution in [0.2, 0.25) is 0 Å². The average Bonchev–Trinajstić information content (AvgIpc) is 3.30. The van der Waals surface area contributed by atoms with Crippen molar-refractivity contribution in [3.05, 3.63) is 109 Å². The van der Waals surface area contributed by atoms with Crippen molar-refractivity contribution in [1.82, 2.24) is 19.1 Å². The van der Waals surface area contributed by atoms with Crippen molar-refractivity contribution < 1.29 is 25.3 Å². The van der Waals surface area contributed by atoms with E-state index in [-0.39, 0.29) is 14.7 Å². The molecule has 19 heteroatoms. The van der Waals surface area contributed by atoms with E-state index in [4.69, 9.17) is 0 Å². The molecule has 0 saturated heterocycles. The molecule has 0 bridgehead atoms. The third-order valence-electron chi connectivity index (χ3n) is 11.2. The van der Waals surface area contributed by atoms with Gasteiger partial charge in [-0.15, -0.1) is 0 Å². The Labute approximate surface area is 411 Å². The lowest BCUT2D eigenvalue weighted by Crippen LogP contribution is -2.32. The fraction of sp³-hybridized carbons (Fsp3) is 0.375. The zero-order chi connectivity index (χ0) is 48.2. The zero-order valence-corrected chi connectivity index (χ0v) is 44.0. The lowest BCUT2D eigenvalue weighted by atomic mass is 10.1. The Morgan fingerprint density at radius 3 is 0.881 bits per heavy atom. The van der Waals surface area contributed by atoms with Crippen LogP contribution in [0.15, 0.2) is 124 Å². The minimum atomic E-state index is -3.74. The molecule has 67 heavy (non-hydrogen) atoms. The summed E-state index contributed by atoms with van der Waals surface area (Å²) in [5, 5.41) is 4.68. The van der Waals surface area contributed by atoms with Gasteiger partial charge in [0, 0.05) is 165 Å². The molecule has 0 heterocycles. The molecular weight excluding hydrogens is 963 g/mol. The second-order valence-corrected chi connectivity index (χ2v) is 25.3. The highest BCUT2D eigenvalue weighted by atomic mass is 32.2. The molecule has 0 aliphatic rings. The summed E-state index contributed by atoms with van der Waals surface area (Å²) in [6.07, 6.45) is 0. The van der Waals surface area contributed by atoms with Gasteiger partial charge in [0.2, 0.25) is 30.1 Å². The molecule has 3 N–H and O–H groups in total. The normalized spacial score (nSPS) is 12.4. The van der Waals surface area contributed by atoms with Gasteiger partial charge in [-0.05, 0) is 36.4 Å². The Kier molecular flexibility index (Phi) is 19.0. The molecule has 6 aromatic rings. The van der Waals surface area contributed by atoms with Gasteiger partial charge in [0.1, 0.15) is 0 Å². The van der Waals surface area contributed by atoms with Gasteiger partial charge >= 0.3 is 0 Å². The summed E-state index contributed by atoms with van der Waals surface area (Å²) in [4.78, 5) is 9.07.